The highest BCUT2D eigenvalue weighted by atomic mass is 16.6. The minimum atomic E-state index is -0.543. The minimum absolute atomic E-state index is 0.0314. The summed E-state index contributed by atoms with van der Waals surface area (Å²) in [6.07, 6.45) is 1.59. The van der Waals surface area contributed by atoms with E-state index in [0.29, 0.717) is 17.0 Å². The lowest BCUT2D eigenvalue weighted by atomic mass is 9.83. The maximum Gasteiger partial charge on any atom is 0.269 e. The number of nitrogens with two attached hydrogens (primary N) is 1. The summed E-state index contributed by atoms with van der Waals surface area (Å²) in [5, 5.41) is 27.6. The molecule has 0 fully saturated rings. The largest absolute Gasteiger partial charge is 0.420 e. The van der Waals surface area contributed by atoms with Crippen LogP contribution in [0.3, 0.4) is 0 Å². The molecule has 24 heavy (non-hydrogen) atoms. The van der Waals surface area contributed by atoms with Crippen LogP contribution in [-0.4, -0.2) is 15.1 Å². The van der Waals surface area contributed by atoms with Gasteiger partial charge in [-0.05, 0) is 12.0 Å². The second-order valence-corrected chi connectivity index (χ2v) is 5.45. The highest BCUT2D eigenvalue weighted by molar-refractivity contribution is 5.56. The number of nitro benzene ring substituents is 1. The molecule has 8 heteroatoms. The van der Waals surface area contributed by atoms with Crippen molar-refractivity contribution in [1.82, 2.24) is 10.2 Å². The maximum absolute atomic E-state index is 11.1. The van der Waals surface area contributed by atoms with E-state index in [0.717, 1.165) is 18.5 Å². The van der Waals surface area contributed by atoms with Crippen molar-refractivity contribution < 1.29 is 9.66 Å². The van der Waals surface area contributed by atoms with Crippen LogP contribution in [0.5, 0.6) is 5.88 Å². The quantitative estimate of drug-likeness (QED) is 0.656. The molecule has 2 heterocycles. The number of non-ortho nitro benzene ring substituents is 1. The number of ether oxygens (including phenoxy) is 1. The van der Waals surface area contributed by atoms with E-state index in [1.54, 1.807) is 12.1 Å². The second kappa shape index (κ2) is 6.04. The molecular weight excluding hydrogens is 310 g/mol. The summed E-state index contributed by atoms with van der Waals surface area (Å²) < 4.78 is 5.45. The van der Waals surface area contributed by atoms with Crippen molar-refractivity contribution in [2.75, 3.05) is 0 Å². The zero-order valence-electron chi connectivity index (χ0n) is 12.9. The molecule has 1 aromatic carbocycles. The number of aromatic amines is 1. The summed E-state index contributed by atoms with van der Waals surface area (Å²) >= 11 is 0. The number of H-pyrrole nitrogens is 1. The predicted molar refractivity (Wildman–Crippen MR) is 85.0 cm³/mol. The van der Waals surface area contributed by atoms with Crippen molar-refractivity contribution in [1.29, 1.82) is 5.26 Å². The topological polar surface area (TPSA) is 131 Å². The number of allylic oxidation sites excluding steroid dienone is 1. The number of nitro groups is 1. The molecule has 3 rings (SSSR count). The first-order chi connectivity index (χ1) is 11.6. The second-order valence-electron chi connectivity index (χ2n) is 5.45. The van der Waals surface area contributed by atoms with E-state index in [-0.39, 0.29) is 17.1 Å². The third kappa shape index (κ3) is 2.46. The zero-order chi connectivity index (χ0) is 17.3. The minimum Gasteiger partial charge on any atom is -0.420 e. The van der Waals surface area contributed by atoms with Gasteiger partial charge in [-0.1, -0.05) is 25.5 Å². The van der Waals surface area contributed by atoms with Crippen LogP contribution in [0.1, 0.15) is 36.1 Å². The van der Waals surface area contributed by atoms with Crippen LogP contribution in [0.15, 0.2) is 35.7 Å². The lowest BCUT2D eigenvalue weighted by Crippen LogP contribution is -2.21. The fraction of sp³-hybridized carbons (Fsp3) is 0.250. The molecule has 8 nitrogen and oxygen atoms in total. The Morgan fingerprint density at radius 2 is 2.33 bits per heavy atom. The van der Waals surface area contributed by atoms with E-state index in [1.165, 1.54) is 12.1 Å². The van der Waals surface area contributed by atoms with Gasteiger partial charge in [0.25, 0.3) is 5.69 Å². The van der Waals surface area contributed by atoms with Crippen LogP contribution in [0.2, 0.25) is 0 Å². The third-order valence-corrected chi connectivity index (χ3v) is 3.93. The number of hydrogen-bond acceptors (Lipinski definition) is 6. The van der Waals surface area contributed by atoms with Gasteiger partial charge in [-0.3, -0.25) is 15.2 Å². The van der Waals surface area contributed by atoms with Crippen LogP contribution in [0.4, 0.5) is 5.69 Å². The first kappa shape index (κ1) is 15.6. The van der Waals surface area contributed by atoms with Crippen LogP contribution in [0.25, 0.3) is 0 Å². The Hall–Kier alpha value is -3.34. The van der Waals surface area contributed by atoms with E-state index in [9.17, 15) is 15.4 Å². The standard InChI is InChI=1S/C16H15N5O3/c1-2-4-12-14-13(9-5-3-6-10(7-9)21(22)23)11(8-17)15(18)24-16(14)20-19-12/h3,5-7,13H,2,4,18H2,1H3,(H,19,20)/t13-/m0/s1. The Balaban J connectivity index is 2.21. The number of aryl methyl sites for hydroxylation is 1. The van der Waals surface area contributed by atoms with Crippen LogP contribution < -0.4 is 10.5 Å². The summed E-state index contributed by atoms with van der Waals surface area (Å²) in [7, 11) is 0. The van der Waals surface area contributed by atoms with E-state index in [2.05, 4.69) is 16.3 Å². The monoisotopic (exact) mass is 325 g/mol. The van der Waals surface area contributed by atoms with Gasteiger partial charge in [0.15, 0.2) is 0 Å². The van der Waals surface area contributed by atoms with Crippen LogP contribution >= 0.6 is 0 Å². The number of fused-ring (bicyclic) bond motifs is 1. The smallest absolute Gasteiger partial charge is 0.269 e. The lowest BCUT2D eigenvalue weighted by molar-refractivity contribution is -0.384. The molecule has 122 valence electrons. The maximum atomic E-state index is 11.1. The summed E-state index contributed by atoms with van der Waals surface area (Å²) in [6, 6.07) is 8.26. The van der Waals surface area contributed by atoms with Gasteiger partial charge in [0.05, 0.1) is 10.8 Å². The summed E-state index contributed by atoms with van der Waals surface area (Å²) in [6.45, 7) is 2.02. The first-order valence-corrected chi connectivity index (χ1v) is 7.45. The van der Waals surface area contributed by atoms with E-state index in [4.69, 9.17) is 10.5 Å². The van der Waals surface area contributed by atoms with Gasteiger partial charge in [0.1, 0.15) is 11.6 Å². The Labute approximate surface area is 137 Å². The Morgan fingerprint density at radius 1 is 1.54 bits per heavy atom. The summed E-state index contributed by atoms with van der Waals surface area (Å²) in [5.41, 5.74) is 8.19. The van der Waals surface area contributed by atoms with Crippen molar-refractivity contribution in [2.45, 2.75) is 25.7 Å². The van der Waals surface area contributed by atoms with Crippen molar-refractivity contribution in [2.24, 2.45) is 5.73 Å². The number of nitrogens with one attached hydrogen (secondary N) is 1. The lowest BCUT2D eigenvalue weighted by Gasteiger charge is -2.23. The number of nitrogens with zero attached hydrogens (tertiary/aromatic N) is 3. The van der Waals surface area contributed by atoms with Gasteiger partial charge >= 0.3 is 0 Å². The molecule has 2 aromatic rings. The number of hydrogen-bond donors (Lipinski definition) is 2. The summed E-state index contributed by atoms with van der Waals surface area (Å²) in [4.78, 5) is 10.6. The third-order valence-electron chi connectivity index (χ3n) is 3.93. The van der Waals surface area contributed by atoms with Gasteiger partial charge in [-0.2, -0.15) is 5.26 Å². The molecule has 0 aliphatic carbocycles. The fourth-order valence-corrected chi connectivity index (χ4v) is 2.90. The molecule has 0 amide bonds. The number of aromatic nitrogens is 2. The molecule has 1 aromatic heterocycles. The Morgan fingerprint density at radius 3 is 3.00 bits per heavy atom. The molecule has 1 atom stereocenters. The zero-order valence-corrected chi connectivity index (χ0v) is 12.9. The summed E-state index contributed by atoms with van der Waals surface area (Å²) in [5.74, 6) is -0.263. The van der Waals surface area contributed by atoms with E-state index in [1.807, 2.05) is 6.92 Å². The van der Waals surface area contributed by atoms with Crippen molar-refractivity contribution in [3.8, 4) is 11.9 Å². The molecule has 0 spiro atoms. The van der Waals surface area contributed by atoms with Gasteiger partial charge in [0, 0.05) is 23.4 Å². The molecule has 0 radical (unpaired) electrons. The molecule has 0 bridgehead atoms. The van der Waals surface area contributed by atoms with Gasteiger partial charge < -0.3 is 10.5 Å². The molecule has 1 aliphatic rings. The van der Waals surface area contributed by atoms with E-state index < -0.39 is 10.8 Å². The number of benzene rings is 1. The molecule has 0 saturated heterocycles. The first-order valence-electron chi connectivity index (χ1n) is 7.45. The molecular formula is C16H15N5O3. The average Bonchev–Trinajstić information content (AvgIpc) is 2.96. The van der Waals surface area contributed by atoms with Crippen molar-refractivity contribution in [3.63, 3.8) is 0 Å². The predicted octanol–water partition coefficient (Wildman–Crippen LogP) is 2.49. The Kier molecular flexibility index (Phi) is 3.92. The number of rotatable bonds is 4. The highest BCUT2D eigenvalue weighted by Gasteiger charge is 2.35. The van der Waals surface area contributed by atoms with Gasteiger partial charge in [-0.15, -0.1) is 5.10 Å². The van der Waals surface area contributed by atoms with Gasteiger partial charge in [0.2, 0.25) is 11.8 Å². The van der Waals surface area contributed by atoms with Crippen LogP contribution in [0, 0.1) is 21.4 Å². The molecule has 0 unspecified atom stereocenters. The fourth-order valence-electron chi connectivity index (χ4n) is 2.90. The van der Waals surface area contributed by atoms with Crippen LogP contribution in [-0.2, 0) is 6.42 Å². The molecule has 0 saturated carbocycles. The normalized spacial score (nSPS) is 16.2. The SMILES string of the molecule is CCCc1[nH]nc2c1[C@@H](c1cccc([N+](=O)[O-])c1)C(C#N)=C(N)O2. The van der Waals surface area contributed by atoms with E-state index >= 15 is 0 Å². The molecule has 3 N–H and O–H groups in total. The van der Waals surface area contributed by atoms with Gasteiger partial charge in [-0.25, -0.2) is 0 Å². The van der Waals surface area contributed by atoms with Crippen molar-refractivity contribution in [3.05, 3.63) is 62.7 Å². The van der Waals surface area contributed by atoms with Crippen molar-refractivity contribution >= 4 is 5.69 Å². The average molecular weight is 325 g/mol. The molecule has 1 aliphatic heterocycles. The number of nitriles is 1. The highest BCUT2D eigenvalue weighted by Crippen LogP contribution is 2.43. The Bertz CT molecular complexity index is 878.